The molecule has 5 rings (SSSR count). The monoisotopic (exact) mass is 501 g/mol. The Labute approximate surface area is 216 Å². The van der Waals surface area contributed by atoms with Gasteiger partial charge in [0.2, 0.25) is 5.82 Å². The van der Waals surface area contributed by atoms with Crippen LogP contribution in [0.1, 0.15) is 58.8 Å². The first-order valence-electron chi connectivity index (χ1n) is 12.6. The number of hydrogen-bond donors (Lipinski definition) is 1. The van der Waals surface area contributed by atoms with E-state index in [1.165, 1.54) is 28.0 Å². The van der Waals surface area contributed by atoms with Gasteiger partial charge in [-0.3, -0.25) is 24.0 Å². The van der Waals surface area contributed by atoms with E-state index in [9.17, 15) is 14.0 Å². The lowest BCUT2D eigenvalue weighted by molar-refractivity contribution is 0.0827. The zero-order valence-corrected chi connectivity index (χ0v) is 21.4. The molecule has 8 heteroatoms. The number of hydrogen-bond acceptors (Lipinski definition) is 5. The summed E-state index contributed by atoms with van der Waals surface area (Å²) in [6, 6.07) is 11.2. The molecular formula is C29H32FN5O2. The molecule has 0 spiro atoms. The maximum absolute atomic E-state index is 14.2. The van der Waals surface area contributed by atoms with Gasteiger partial charge in [-0.25, -0.2) is 0 Å². The highest BCUT2D eigenvalue weighted by molar-refractivity contribution is 5.93. The molecule has 1 aromatic carbocycles. The van der Waals surface area contributed by atoms with Gasteiger partial charge < -0.3 is 10.6 Å². The summed E-state index contributed by atoms with van der Waals surface area (Å²) in [5.74, 6) is -0.327. The predicted octanol–water partition coefficient (Wildman–Crippen LogP) is 4.04. The number of aromatic nitrogens is 2. The Balaban J connectivity index is 1.28. The summed E-state index contributed by atoms with van der Waals surface area (Å²) < 4.78 is 15.5. The lowest BCUT2D eigenvalue weighted by Gasteiger charge is -2.33. The number of nitrogens with two attached hydrogens (primary N) is 1. The number of halogens is 1. The minimum Gasteiger partial charge on any atom is -0.396 e. The van der Waals surface area contributed by atoms with Gasteiger partial charge in [0.05, 0.1) is 17.1 Å². The van der Waals surface area contributed by atoms with Crippen LogP contribution in [0.25, 0.3) is 11.8 Å². The van der Waals surface area contributed by atoms with Crippen LogP contribution >= 0.6 is 0 Å². The van der Waals surface area contributed by atoms with Crippen molar-refractivity contribution in [1.29, 1.82) is 0 Å². The fraction of sp³-hybridized carbons (Fsp3) is 0.345. The quantitative estimate of drug-likeness (QED) is 0.571. The summed E-state index contributed by atoms with van der Waals surface area (Å²) in [5, 5.41) is 0. The Morgan fingerprint density at radius 1 is 1.14 bits per heavy atom. The zero-order chi connectivity index (χ0) is 26.3. The van der Waals surface area contributed by atoms with E-state index in [0.29, 0.717) is 17.2 Å². The fourth-order valence-corrected chi connectivity index (χ4v) is 5.40. The number of likely N-dealkylation sites (tertiary alicyclic amines) is 1. The second kappa shape index (κ2) is 9.94. The highest BCUT2D eigenvalue weighted by Crippen LogP contribution is 2.38. The Kier molecular flexibility index (Phi) is 6.69. The highest BCUT2D eigenvalue weighted by Gasteiger charge is 2.29. The summed E-state index contributed by atoms with van der Waals surface area (Å²) in [7, 11) is 3.53. The van der Waals surface area contributed by atoms with Crippen molar-refractivity contribution in [3.63, 3.8) is 0 Å². The molecule has 1 aliphatic heterocycles. The fourth-order valence-electron chi connectivity index (χ4n) is 5.40. The number of nitrogens with zero attached hydrogens (tertiary/aromatic N) is 4. The van der Waals surface area contributed by atoms with Gasteiger partial charge in [0.1, 0.15) is 0 Å². The molecule has 37 heavy (non-hydrogen) atoms. The van der Waals surface area contributed by atoms with Crippen LogP contribution in [-0.4, -0.2) is 59.0 Å². The number of anilines is 1. The van der Waals surface area contributed by atoms with Crippen LogP contribution in [-0.2, 0) is 0 Å². The first-order valence-corrected chi connectivity index (χ1v) is 12.6. The third kappa shape index (κ3) is 4.69. The molecule has 0 saturated carbocycles. The average Bonchev–Trinajstić information content (AvgIpc) is 3.23. The molecule has 1 fully saturated rings. The van der Waals surface area contributed by atoms with Gasteiger partial charge in [0, 0.05) is 50.1 Å². The molecule has 3 heterocycles. The van der Waals surface area contributed by atoms with Crippen molar-refractivity contribution in [2.45, 2.75) is 31.6 Å². The molecule has 1 amide bonds. The van der Waals surface area contributed by atoms with Gasteiger partial charge in [-0.2, -0.15) is 4.39 Å². The number of piperidine rings is 1. The van der Waals surface area contributed by atoms with Gasteiger partial charge in [-0.15, -0.1) is 0 Å². The molecule has 1 saturated heterocycles. The first-order chi connectivity index (χ1) is 17.7. The van der Waals surface area contributed by atoms with E-state index in [2.05, 4.69) is 35.0 Å². The Hall–Kier alpha value is -3.78. The van der Waals surface area contributed by atoms with Crippen LogP contribution < -0.4 is 11.3 Å². The Morgan fingerprint density at radius 2 is 1.84 bits per heavy atom. The Bertz CT molecular complexity index is 1420. The largest absolute Gasteiger partial charge is 0.396 e. The van der Waals surface area contributed by atoms with E-state index < -0.39 is 11.4 Å². The van der Waals surface area contributed by atoms with Gasteiger partial charge in [-0.1, -0.05) is 19.1 Å². The number of carbonyl (C=O) groups excluding carboxylic acids is 1. The number of fused-ring (bicyclic) bond motifs is 1. The van der Waals surface area contributed by atoms with E-state index in [0.717, 1.165) is 43.7 Å². The van der Waals surface area contributed by atoms with Crippen LogP contribution in [0, 0.1) is 5.82 Å². The average molecular weight is 502 g/mol. The van der Waals surface area contributed by atoms with Crippen molar-refractivity contribution in [3.8, 4) is 5.69 Å². The van der Waals surface area contributed by atoms with Crippen molar-refractivity contribution in [3.05, 3.63) is 92.9 Å². The van der Waals surface area contributed by atoms with Crippen LogP contribution in [0.3, 0.4) is 0 Å². The van der Waals surface area contributed by atoms with E-state index in [4.69, 9.17) is 5.73 Å². The van der Waals surface area contributed by atoms with E-state index >= 15 is 0 Å². The van der Waals surface area contributed by atoms with Crippen molar-refractivity contribution < 1.29 is 9.18 Å². The van der Waals surface area contributed by atoms with Gasteiger partial charge in [-0.05, 0) is 73.3 Å². The number of carbonyl (C=O) groups is 1. The maximum atomic E-state index is 14.2. The zero-order valence-electron chi connectivity index (χ0n) is 21.4. The molecule has 1 unspecified atom stereocenters. The first kappa shape index (κ1) is 24.9. The Morgan fingerprint density at radius 3 is 2.51 bits per heavy atom. The smallest absolute Gasteiger partial charge is 0.293 e. The number of amides is 1. The van der Waals surface area contributed by atoms with Crippen molar-refractivity contribution in [1.82, 2.24) is 19.4 Å². The maximum Gasteiger partial charge on any atom is 0.293 e. The molecule has 2 aromatic heterocycles. The molecule has 1 atom stereocenters. The molecule has 1 aliphatic carbocycles. The van der Waals surface area contributed by atoms with Crippen LogP contribution in [0.2, 0.25) is 0 Å². The third-order valence-corrected chi connectivity index (χ3v) is 7.65. The minimum atomic E-state index is -0.940. The van der Waals surface area contributed by atoms with Crippen LogP contribution in [0.15, 0.2) is 59.2 Å². The van der Waals surface area contributed by atoms with E-state index in [-0.39, 0.29) is 17.5 Å². The molecule has 7 nitrogen and oxygen atoms in total. The number of benzene rings is 1. The lowest BCUT2D eigenvalue weighted by Crippen LogP contribution is -2.34. The number of rotatable bonds is 5. The van der Waals surface area contributed by atoms with Gasteiger partial charge in [0.25, 0.3) is 11.5 Å². The van der Waals surface area contributed by atoms with Crippen molar-refractivity contribution >= 4 is 17.7 Å². The SMILES string of the molecule is CC1C(CN2CCC(c3ccc(C(=O)N(C)C)cc3)CC2)=Cc2c(-n3ccc(N)c(F)c3=O)ccnc21. The van der Waals surface area contributed by atoms with Crippen LogP contribution in [0.4, 0.5) is 10.1 Å². The second-order valence-corrected chi connectivity index (χ2v) is 10.2. The lowest BCUT2D eigenvalue weighted by atomic mass is 9.88. The van der Waals surface area contributed by atoms with Crippen LogP contribution in [0.5, 0.6) is 0 Å². The minimum absolute atomic E-state index is 0.0189. The molecule has 3 aromatic rings. The molecule has 0 bridgehead atoms. The summed E-state index contributed by atoms with van der Waals surface area (Å²) in [4.78, 5) is 33.3. The number of nitrogen functional groups attached to an aromatic ring is 1. The summed E-state index contributed by atoms with van der Waals surface area (Å²) in [6.07, 6.45) is 7.40. The summed E-state index contributed by atoms with van der Waals surface area (Å²) in [6.45, 7) is 4.91. The van der Waals surface area contributed by atoms with Gasteiger partial charge >= 0.3 is 0 Å². The van der Waals surface area contributed by atoms with Crippen molar-refractivity contribution in [2.24, 2.45) is 0 Å². The summed E-state index contributed by atoms with van der Waals surface area (Å²) in [5.41, 5.74) is 10.3. The second-order valence-electron chi connectivity index (χ2n) is 10.2. The topological polar surface area (TPSA) is 84.5 Å². The molecular weight excluding hydrogens is 469 g/mol. The number of pyridine rings is 2. The predicted molar refractivity (Wildman–Crippen MR) is 143 cm³/mol. The summed E-state index contributed by atoms with van der Waals surface area (Å²) >= 11 is 0. The third-order valence-electron chi connectivity index (χ3n) is 7.65. The molecule has 0 radical (unpaired) electrons. The molecule has 2 N–H and O–H groups in total. The standard InChI is InChI=1S/C29H32FN5O2/c1-18-22(16-23-25(8-12-32-27(18)23)35-15-11-24(31)26(30)29(35)37)17-34-13-9-20(10-14-34)19-4-6-21(7-5-19)28(36)33(2)3/h4-8,11-12,15-16,18,20H,9-10,13-14,17,31H2,1-3H3. The normalized spacial score (nSPS) is 17.9. The molecule has 2 aliphatic rings. The van der Waals surface area contributed by atoms with Gasteiger partial charge in [0.15, 0.2) is 0 Å². The van der Waals surface area contributed by atoms with E-state index in [1.54, 1.807) is 31.3 Å². The van der Waals surface area contributed by atoms with Crippen molar-refractivity contribution in [2.75, 3.05) is 39.5 Å². The highest BCUT2D eigenvalue weighted by atomic mass is 19.1. The van der Waals surface area contributed by atoms with E-state index in [1.807, 2.05) is 12.1 Å². The molecule has 192 valence electrons.